The lowest BCUT2D eigenvalue weighted by atomic mass is 9.99. The molecule has 2 aromatic rings. The van der Waals surface area contributed by atoms with Gasteiger partial charge in [0.05, 0.1) is 21.3 Å². The first-order valence-corrected chi connectivity index (χ1v) is 9.30. The lowest BCUT2D eigenvalue weighted by molar-refractivity contribution is -0.135. The lowest BCUT2D eigenvalue weighted by Gasteiger charge is -2.29. The van der Waals surface area contributed by atoms with Gasteiger partial charge in [0.1, 0.15) is 11.3 Å². The summed E-state index contributed by atoms with van der Waals surface area (Å²) in [5.41, 5.74) is 3.32. The predicted molar refractivity (Wildman–Crippen MR) is 107 cm³/mol. The normalized spacial score (nSPS) is 12.8. The van der Waals surface area contributed by atoms with Crippen molar-refractivity contribution in [3.8, 4) is 17.2 Å². The maximum Gasteiger partial charge on any atom is 0.342 e. The van der Waals surface area contributed by atoms with E-state index in [1.54, 1.807) is 31.3 Å². The number of esters is 1. The van der Waals surface area contributed by atoms with Gasteiger partial charge in [-0.25, -0.2) is 4.79 Å². The van der Waals surface area contributed by atoms with Crippen LogP contribution < -0.4 is 14.2 Å². The summed E-state index contributed by atoms with van der Waals surface area (Å²) in [7, 11) is 4.66. The second-order valence-corrected chi connectivity index (χ2v) is 6.82. The molecule has 2 aromatic carbocycles. The third-order valence-electron chi connectivity index (χ3n) is 4.97. The molecule has 7 nitrogen and oxygen atoms in total. The van der Waals surface area contributed by atoms with E-state index >= 15 is 0 Å². The highest BCUT2D eigenvalue weighted by molar-refractivity contribution is 5.94. The first-order valence-electron chi connectivity index (χ1n) is 9.30. The van der Waals surface area contributed by atoms with Gasteiger partial charge in [0.25, 0.3) is 5.91 Å². The number of ether oxygens (including phenoxy) is 4. The third kappa shape index (κ3) is 4.45. The summed E-state index contributed by atoms with van der Waals surface area (Å²) >= 11 is 0. The molecule has 0 atom stereocenters. The van der Waals surface area contributed by atoms with E-state index in [0.29, 0.717) is 42.3 Å². The molecule has 0 spiro atoms. The highest BCUT2D eigenvalue weighted by Crippen LogP contribution is 2.33. The molecule has 3 rings (SSSR count). The zero-order valence-corrected chi connectivity index (χ0v) is 17.1. The fraction of sp³-hybridized carbons (Fsp3) is 0.364. The van der Waals surface area contributed by atoms with Gasteiger partial charge in [0.2, 0.25) is 0 Å². The van der Waals surface area contributed by atoms with Crippen molar-refractivity contribution in [1.29, 1.82) is 0 Å². The van der Waals surface area contributed by atoms with E-state index < -0.39 is 5.97 Å². The van der Waals surface area contributed by atoms with E-state index in [1.807, 2.05) is 25.1 Å². The van der Waals surface area contributed by atoms with Crippen molar-refractivity contribution >= 4 is 11.9 Å². The average molecular weight is 399 g/mol. The zero-order chi connectivity index (χ0) is 21.0. The second kappa shape index (κ2) is 8.86. The Kier molecular flexibility index (Phi) is 6.26. The average Bonchev–Trinajstić information content (AvgIpc) is 2.75. The number of aryl methyl sites for hydroxylation is 1. The molecule has 7 heteroatoms. The van der Waals surface area contributed by atoms with Crippen molar-refractivity contribution in [3.63, 3.8) is 0 Å². The second-order valence-electron chi connectivity index (χ2n) is 6.82. The molecule has 0 saturated heterocycles. The Morgan fingerprint density at radius 2 is 1.59 bits per heavy atom. The molecule has 1 heterocycles. The summed E-state index contributed by atoms with van der Waals surface area (Å²) in [6.45, 7) is 2.53. The van der Waals surface area contributed by atoms with Crippen molar-refractivity contribution in [2.24, 2.45) is 0 Å². The number of fused-ring (bicyclic) bond motifs is 1. The topological polar surface area (TPSA) is 74.3 Å². The Morgan fingerprint density at radius 3 is 2.24 bits per heavy atom. The van der Waals surface area contributed by atoms with Gasteiger partial charge < -0.3 is 23.8 Å². The summed E-state index contributed by atoms with van der Waals surface area (Å²) in [4.78, 5) is 26.7. The van der Waals surface area contributed by atoms with Gasteiger partial charge in [-0.2, -0.15) is 0 Å². The van der Waals surface area contributed by atoms with Crippen LogP contribution in [0.2, 0.25) is 0 Å². The molecule has 0 radical (unpaired) electrons. The molecular formula is C22H25NO6. The third-order valence-corrected chi connectivity index (χ3v) is 4.97. The fourth-order valence-corrected chi connectivity index (χ4v) is 3.37. The Hall–Kier alpha value is -3.22. The maximum absolute atomic E-state index is 12.6. The van der Waals surface area contributed by atoms with Crippen LogP contribution >= 0.6 is 0 Å². The van der Waals surface area contributed by atoms with Gasteiger partial charge in [-0.15, -0.1) is 0 Å². The Balaban J connectivity index is 1.65. The minimum Gasteiger partial charge on any atom is -0.496 e. The van der Waals surface area contributed by atoms with E-state index in [4.69, 9.17) is 18.9 Å². The smallest absolute Gasteiger partial charge is 0.342 e. The van der Waals surface area contributed by atoms with Crippen LogP contribution in [0.25, 0.3) is 0 Å². The van der Waals surface area contributed by atoms with Crippen LogP contribution in [-0.4, -0.2) is 51.3 Å². The number of hydrogen-bond acceptors (Lipinski definition) is 6. The number of nitrogens with zero attached hydrogens (tertiary/aromatic N) is 1. The van der Waals surface area contributed by atoms with Gasteiger partial charge in [0, 0.05) is 13.1 Å². The predicted octanol–water partition coefficient (Wildman–Crippen LogP) is 2.76. The lowest BCUT2D eigenvalue weighted by Crippen LogP contribution is -2.38. The van der Waals surface area contributed by atoms with Crippen molar-refractivity contribution in [1.82, 2.24) is 4.90 Å². The van der Waals surface area contributed by atoms with E-state index in [2.05, 4.69) is 0 Å². The molecule has 0 N–H and O–H groups in total. The number of carbonyl (C=O) groups excluding carboxylic acids is 2. The zero-order valence-electron chi connectivity index (χ0n) is 17.1. The summed E-state index contributed by atoms with van der Waals surface area (Å²) in [6, 6.07) is 9.06. The van der Waals surface area contributed by atoms with Crippen LogP contribution in [-0.2, 0) is 22.5 Å². The molecule has 29 heavy (non-hydrogen) atoms. The van der Waals surface area contributed by atoms with Crippen LogP contribution in [0.1, 0.15) is 27.0 Å². The summed E-state index contributed by atoms with van der Waals surface area (Å²) in [5, 5.41) is 0. The molecule has 0 saturated carbocycles. The Morgan fingerprint density at radius 1 is 0.931 bits per heavy atom. The van der Waals surface area contributed by atoms with Crippen LogP contribution in [0.3, 0.4) is 0 Å². The van der Waals surface area contributed by atoms with E-state index in [-0.39, 0.29) is 12.5 Å². The largest absolute Gasteiger partial charge is 0.496 e. The molecule has 0 aliphatic carbocycles. The number of benzene rings is 2. The van der Waals surface area contributed by atoms with Crippen molar-refractivity contribution in [3.05, 3.63) is 52.6 Å². The first-order chi connectivity index (χ1) is 14.0. The first kappa shape index (κ1) is 20.5. The molecule has 0 unspecified atom stereocenters. The molecule has 1 aliphatic rings. The molecule has 0 bridgehead atoms. The molecule has 1 amide bonds. The highest BCUT2D eigenvalue weighted by atomic mass is 16.5. The maximum atomic E-state index is 12.6. The van der Waals surface area contributed by atoms with Crippen molar-refractivity contribution in [2.75, 3.05) is 34.5 Å². The van der Waals surface area contributed by atoms with Gasteiger partial charge >= 0.3 is 5.97 Å². The van der Waals surface area contributed by atoms with Crippen LogP contribution in [0.4, 0.5) is 0 Å². The van der Waals surface area contributed by atoms with Crippen molar-refractivity contribution in [2.45, 2.75) is 19.9 Å². The van der Waals surface area contributed by atoms with Gasteiger partial charge in [-0.3, -0.25) is 4.79 Å². The van der Waals surface area contributed by atoms with Gasteiger partial charge in [-0.05, 0) is 48.7 Å². The summed E-state index contributed by atoms with van der Waals surface area (Å²) in [6.07, 6.45) is 0.696. The molecule has 0 aromatic heterocycles. The summed E-state index contributed by atoms with van der Waals surface area (Å²) in [5.74, 6) is 0.889. The fourth-order valence-electron chi connectivity index (χ4n) is 3.37. The minimum atomic E-state index is -0.581. The SMILES string of the molecule is COc1cc2c(cc1OC)CN(C(=O)COC(=O)c1cc(C)ccc1OC)CC2. The number of carbonyl (C=O) groups is 2. The van der Waals surface area contributed by atoms with Crippen molar-refractivity contribution < 1.29 is 28.5 Å². The van der Waals surface area contributed by atoms with Gasteiger partial charge in [-0.1, -0.05) is 11.6 Å². The quantitative estimate of drug-likeness (QED) is 0.696. The standard InChI is InChI=1S/C22H25NO6/c1-14-5-6-18(26-2)17(9-14)22(25)29-13-21(24)23-8-7-15-10-19(27-3)20(28-4)11-16(15)12-23/h5-6,9-11H,7-8,12-13H2,1-4H3. The Bertz CT molecular complexity index is 924. The molecule has 0 fully saturated rings. The number of hydrogen-bond donors (Lipinski definition) is 0. The number of rotatable bonds is 6. The highest BCUT2D eigenvalue weighted by Gasteiger charge is 2.24. The molecule has 154 valence electrons. The Labute approximate surface area is 170 Å². The van der Waals surface area contributed by atoms with E-state index in [0.717, 1.165) is 16.7 Å². The molecular weight excluding hydrogens is 374 g/mol. The van der Waals surface area contributed by atoms with E-state index in [1.165, 1.54) is 7.11 Å². The summed E-state index contributed by atoms with van der Waals surface area (Å²) < 4.78 is 21.1. The number of methoxy groups -OCH3 is 3. The minimum absolute atomic E-state index is 0.245. The number of amides is 1. The van der Waals surface area contributed by atoms with Crippen LogP contribution in [0.5, 0.6) is 17.2 Å². The van der Waals surface area contributed by atoms with Crippen LogP contribution in [0.15, 0.2) is 30.3 Å². The monoisotopic (exact) mass is 399 g/mol. The molecule has 1 aliphatic heterocycles. The van der Waals surface area contributed by atoms with Crippen LogP contribution in [0, 0.1) is 6.92 Å². The van der Waals surface area contributed by atoms with Gasteiger partial charge in [0.15, 0.2) is 18.1 Å². The van der Waals surface area contributed by atoms with E-state index in [9.17, 15) is 9.59 Å².